The number of benzene rings is 1. The predicted octanol–water partition coefficient (Wildman–Crippen LogP) is 4.23. The van der Waals surface area contributed by atoms with Crippen LogP contribution in [0.4, 0.5) is 0 Å². The Balaban J connectivity index is 2.75. The molecule has 0 saturated carbocycles. The van der Waals surface area contributed by atoms with Gasteiger partial charge in [0, 0.05) is 8.27 Å². The van der Waals surface area contributed by atoms with Crippen molar-refractivity contribution in [2.24, 2.45) is 0 Å². The quantitative estimate of drug-likeness (QED) is 0.717. The summed E-state index contributed by atoms with van der Waals surface area (Å²) in [6, 6.07) is 8.13. The zero-order valence-corrected chi connectivity index (χ0v) is 10.8. The molecule has 1 aromatic carbocycles. The molecular weight excluding hydrogens is 329 g/mol. The summed E-state index contributed by atoms with van der Waals surface area (Å²) in [6.45, 7) is 0. The first kappa shape index (κ1) is 10.2. The molecule has 14 heavy (non-hydrogen) atoms. The Morgan fingerprint density at radius 1 is 1.50 bits per heavy atom. The maximum absolute atomic E-state index is 8.67. The number of hydrogen-bond acceptors (Lipinski definition) is 2. The second-order valence-electron chi connectivity index (χ2n) is 2.83. The van der Waals surface area contributed by atoms with Crippen LogP contribution < -0.4 is 0 Å². The van der Waals surface area contributed by atoms with Crippen molar-refractivity contribution in [3.05, 3.63) is 31.7 Å². The van der Waals surface area contributed by atoms with Gasteiger partial charge >= 0.3 is 0 Å². The van der Waals surface area contributed by atoms with E-state index in [1.54, 1.807) is 11.3 Å². The molecule has 2 aromatic rings. The summed E-state index contributed by atoms with van der Waals surface area (Å²) in [6.07, 6.45) is 0.445. The van der Waals surface area contributed by atoms with E-state index in [0.29, 0.717) is 6.42 Å². The van der Waals surface area contributed by atoms with Crippen molar-refractivity contribution >= 4 is 55.6 Å². The summed E-state index contributed by atoms with van der Waals surface area (Å²) < 4.78 is 3.16. The van der Waals surface area contributed by atoms with E-state index in [4.69, 9.17) is 16.9 Å². The standard InChI is InChI=1S/C10H5ClINS/c11-9-5-7-6(3-4-13)1-2-8(12)10(7)14-9/h1-2,5H,3H2. The lowest BCUT2D eigenvalue weighted by Crippen LogP contribution is -1.83. The van der Waals surface area contributed by atoms with Crippen molar-refractivity contribution in [3.63, 3.8) is 0 Å². The largest absolute Gasteiger partial charge is 0.198 e. The Morgan fingerprint density at radius 3 is 3.00 bits per heavy atom. The Bertz CT molecular complexity index is 527. The highest BCUT2D eigenvalue weighted by Crippen LogP contribution is 2.34. The van der Waals surface area contributed by atoms with Gasteiger partial charge in [-0.2, -0.15) is 5.26 Å². The minimum absolute atomic E-state index is 0.445. The third-order valence-corrected chi connectivity index (χ3v) is 4.53. The maximum atomic E-state index is 8.67. The van der Waals surface area contributed by atoms with E-state index in [-0.39, 0.29) is 0 Å². The second-order valence-corrected chi connectivity index (χ2v) is 5.68. The van der Waals surface area contributed by atoms with Crippen molar-refractivity contribution in [2.75, 3.05) is 0 Å². The summed E-state index contributed by atoms with van der Waals surface area (Å²) in [5.74, 6) is 0. The summed E-state index contributed by atoms with van der Waals surface area (Å²) in [5, 5.41) is 9.79. The Morgan fingerprint density at radius 2 is 2.29 bits per heavy atom. The van der Waals surface area contributed by atoms with Gasteiger partial charge in [0.25, 0.3) is 0 Å². The molecule has 0 spiro atoms. The highest BCUT2D eigenvalue weighted by atomic mass is 127. The normalized spacial score (nSPS) is 10.4. The van der Waals surface area contributed by atoms with Gasteiger partial charge in [0.1, 0.15) is 0 Å². The molecule has 0 radical (unpaired) electrons. The first-order valence-electron chi connectivity index (χ1n) is 3.95. The maximum Gasteiger partial charge on any atom is 0.0941 e. The van der Waals surface area contributed by atoms with Crippen molar-refractivity contribution in [1.82, 2.24) is 0 Å². The van der Waals surface area contributed by atoms with Gasteiger partial charge in [0.2, 0.25) is 0 Å². The average Bonchev–Trinajstić information content (AvgIpc) is 2.53. The molecule has 0 aliphatic heterocycles. The Kier molecular flexibility index (Phi) is 2.96. The Hall–Kier alpha value is -0.310. The molecule has 0 saturated heterocycles. The number of nitrogens with zero attached hydrogens (tertiary/aromatic N) is 1. The highest BCUT2D eigenvalue weighted by molar-refractivity contribution is 14.1. The van der Waals surface area contributed by atoms with Gasteiger partial charge in [-0.25, -0.2) is 0 Å². The topological polar surface area (TPSA) is 23.8 Å². The monoisotopic (exact) mass is 333 g/mol. The van der Waals surface area contributed by atoms with E-state index in [9.17, 15) is 0 Å². The van der Waals surface area contributed by atoms with E-state index >= 15 is 0 Å². The molecule has 0 amide bonds. The first-order valence-corrected chi connectivity index (χ1v) is 6.23. The molecule has 0 unspecified atom stereocenters. The predicted molar refractivity (Wildman–Crippen MR) is 68.9 cm³/mol. The van der Waals surface area contributed by atoms with E-state index in [1.165, 1.54) is 8.27 Å². The second kappa shape index (κ2) is 4.05. The molecule has 0 aliphatic carbocycles. The molecule has 0 bridgehead atoms. The lowest BCUT2D eigenvalue weighted by Gasteiger charge is -1.98. The zero-order chi connectivity index (χ0) is 10.1. The van der Waals surface area contributed by atoms with E-state index < -0.39 is 0 Å². The molecule has 0 aliphatic rings. The van der Waals surface area contributed by atoms with E-state index in [2.05, 4.69) is 28.7 Å². The van der Waals surface area contributed by atoms with Crippen LogP contribution in [0, 0.1) is 14.9 Å². The molecule has 0 atom stereocenters. The number of hydrogen-bond donors (Lipinski definition) is 0. The van der Waals surface area contributed by atoms with Gasteiger partial charge in [-0.1, -0.05) is 17.7 Å². The van der Waals surface area contributed by atoms with Gasteiger partial charge in [-0.05, 0) is 45.7 Å². The van der Waals surface area contributed by atoms with Gasteiger partial charge in [-0.3, -0.25) is 0 Å². The van der Waals surface area contributed by atoms with E-state index in [0.717, 1.165) is 15.3 Å². The van der Waals surface area contributed by atoms with Crippen molar-refractivity contribution in [3.8, 4) is 6.07 Å². The molecule has 0 N–H and O–H groups in total. The molecule has 4 heteroatoms. The van der Waals surface area contributed by atoms with Crippen LogP contribution in [-0.2, 0) is 6.42 Å². The lowest BCUT2D eigenvalue weighted by molar-refractivity contribution is 1.29. The number of nitriles is 1. The lowest BCUT2D eigenvalue weighted by atomic mass is 10.1. The molecule has 1 heterocycles. The van der Waals surface area contributed by atoms with Crippen LogP contribution in [0.1, 0.15) is 5.56 Å². The van der Waals surface area contributed by atoms with Gasteiger partial charge in [0.05, 0.1) is 16.8 Å². The van der Waals surface area contributed by atoms with Crippen LogP contribution >= 0.6 is 45.5 Å². The zero-order valence-electron chi connectivity index (χ0n) is 7.05. The van der Waals surface area contributed by atoms with Gasteiger partial charge < -0.3 is 0 Å². The molecule has 1 aromatic heterocycles. The Labute approximate surface area is 104 Å². The molecule has 70 valence electrons. The fourth-order valence-corrected chi connectivity index (χ4v) is 3.33. The van der Waals surface area contributed by atoms with Crippen molar-refractivity contribution in [1.29, 1.82) is 5.26 Å². The number of fused-ring (bicyclic) bond motifs is 1. The fraction of sp³-hybridized carbons (Fsp3) is 0.100. The number of thiophene rings is 1. The fourth-order valence-electron chi connectivity index (χ4n) is 1.36. The summed E-state index contributed by atoms with van der Waals surface area (Å²) in [7, 11) is 0. The first-order chi connectivity index (χ1) is 6.72. The number of halogens is 2. The summed E-state index contributed by atoms with van der Waals surface area (Å²) >= 11 is 9.81. The third kappa shape index (κ3) is 1.74. The third-order valence-electron chi connectivity index (χ3n) is 1.97. The minimum atomic E-state index is 0.445. The summed E-state index contributed by atoms with van der Waals surface area (Å²) in [4.78, 5) is 0. The van der Waals surface area contributed by atoms with Crippen LogP contribution in [0.2, 0.25) is 4.34 Å². The van der Waals surface area contributed by atoms with Crippen molar-refractivity contribution in [2.45, 2.75) is 6.42 Å². The van der Waals surface area contributed by atoms with E-state index in [1.807, 2.05) is 18.2 Å². The number of rotatable bonds is 1. The van der Waals surface area contributed by atoms with Crippen molar-refractivity contribution < 1.29 is 0 Å². The summed E-state index contributed by atoms with van der Waals surface area (Å²) in [5.41, 5.74) is 1.06. The van der Waals surface area contributed by atoms with Crippen LogP contribution in [0.15, 0.2) is 18.2 Å². The average molecular weight is 334 g/mol. The minimum Gasteiger partial charge on any atom is -0.198 e. The van der Waals surface area contributed by atoms with Crippen LogP contribution in [0.5, 0.6) is 0 Å². The van der Waals surface area contributed by atoms with Gasteiger partial charge in [-0.15, -0.1) is 11.3 Å². The molecule has 1 nitrogen and oxygen atoms in total. The van der Waals surface area contributed by atoms with Gasteiger partial charge in [0.15, 0.2) is 0 Å². The highest BCUT2D eigenvalue weighted by Gasteiger charge is 2.07. The molecule has 2 rings (SSSR count). The molecule has 0 fully saturated rings. The van der Waals surface area contributed by atoms with Crippen LogP contribution in [0.3, 0.4) is 0 Å². The SMILES string of the molecule is N#CCc1ccc(I)c2sc(Cl)cc12. The van der Waals surface area contributed by atoms with Crippen LogP contribution in [-0.4, -0.2) is 0 Å². The van der Waals surface area contributed by atoms with Crippen LogP contribution in [0.25, 0.3) is 10.1 Å². The molecular formula is C10H5ClINS. The smallest absolute Gasteiger partial charge is 0.0941 e.